The SMILES string of the molecule is CCc1nn(C)c(CC)c1CNC(=NC)NCC(C)(C)N1CCCCC1. The summed E-state index contributed by atoms with van der Waals surface area (Å²) in [4.78, 5) is 7.02. The van der Waals surface area contributed by atoms with Crippen molar-refractivity contribution in [3.63, 3.8) is 0 Å². The first-order chi connectivity index (χ1) is 12.4. The molecule has 1 aromatic rings. The zero-order valence-electron chi connectivity index (χ0n) is 17.7. The normalized spacial score (nSPS) is 16.8. The highest BCUT2D eigenvalue weighted by molar-refractivity contribution is 5.79. The number of likely N-dealkylation sites (tertiary alicyclic amines) is 1. The number of hydrogen-bond donors (Lipinski definition) is 2. The van der Waals surface area contributed by atoms with Crippen molar-refractivity contribution in [2.75, 3.05) is 26.7 Å². The Morgan fingerprint density at radius 2 is 1.81 bits per heavy atom. The van der Waals surface area contributed by atoms with Gasteiger partial charge in [-0.1, -0.05) is 20.3 Å². The number of nitrogens with one attached hydrogen (secondary N) is 2. The largest absolute Gasteiger partial charge is 0.355 e. The minimum absolute atomic E-state index is 0.134. The van der Waals surface area contributed by atoms with Crippen LogP contribution in [0.25, 0.3) is 0 Å². The first kappa shape index (κ1) is 20.7. The molecule has 6 nitrogen and oxygen atoms in total. The minimum atomic E-state index is 0.134. The van der Waals surface area contributed by atoms with E-state index in [0.717, 1.165) is 31.9 Å². The Bertz CT molecular complexity index is 596. The maximum atomic E-state index is 4.66. The third-order valence-electron chi connectivity index (χ3n) is 5.58. The molecular weight excluding hydrogens is 324 g/mol. The fourth-order valence-electron chi connectivity index (χ4n) is 3.90. The van der Waals surface area contributed by atoms with Crippen molar-refractivity contribution in [1.29, 1.82) is 0 Å². The smallest absolute Gasteiger partial charge is 0.191 e. The molecule has 2 N–H and O–H groups in total. The molecule has 0 saturated carbocycles. The number of guanidine groups is 1. The zero-order valence-corrected chi connectivity index (χ0v) is 17.7. The number of piperidine rings is 1. The van der Waals surface area contributed by atoms with Crippen LogP contribution in [0.1, 0.15) is 63.9 Å². The molecule has 6 heteroatoms. The van der Waals surface area contributed by atoms with Crippen LogP contribution in [0.15, 0.2) is 4.99 Å². The van der Waals surface area contributed by atoms with E-state index in [1.54, 1.807) is 0 Å². The van der Waals surface area contributed by atoms with Crippen molar-refractivity contribution < 1.29 is 0 Å². The van der Waals surface area contributed by atoms with Crippen LogP contribution in [0.4, 0.5) is 0 Å². The van der Waals surface area contributed by atoms with Gasteiger partial charge < -0.3 is 10.6 Å². The topological polar surface area (TPSA) is 57.5 Å². The van der Waals surface area contributed by atoms with Gasteiger partial charge in [-0.05, 0) is 52.6 Å². The van der Waals surface area contributed by atoms with Crippen LogP contribution in [0.5, 0.6) is 0 Å². The summed E-state index contributed by atoms with van der Waals surface area (Å²) in [7, 11) is 3.88. The van der Waals surface area contributed by atoms with E-state index in [1.165, 1.54) is 49.3 Å². The molecule has 0 radical (unpaired) electrons. The predicted octanol–water partition coefficient (Wildman–Crippen LogP) is 2.47. The average Bonchev–Trinajstić information content (AvgIpc) is 2.97. The molecule has 0 unspecified atom stereocenters. The van der Waals surface area contributed by atoms with Gasteiger partial charge in [-0.15, -0.1) is 0 Å². The number of hydrogen-bond acceptors (Lipinski definition) is 3. The van der Waals surface area contributed by atoms with E-state index in [9.17, 15) is 0 Å². The molecule has 1 saturated heterocycles. The van der Waals surface area contributed by atoms with E-state index in [4.69, 9.17) is 0 Å². The lowest BCUT2D eigenvalue weighted by Crippen LogP contribution is -2.54. The van der Waals surface area contributed by atoms with Gasteiger partial charge >= 0.3 is 0 Å². The quantitative estimate of drug-likeness (QED) is 0.578. The third kappa shape index (κ3) is 5.00. The molecule has 0 aromatic carbocycles. The fourth-order valence-corrected chi connectivity index (χ4v) is 3.90. The molecule has 0 aliphatic carbocycles. The molecule has 1 aliphatic rings. The standard InChI is InChI=1S/C20H38N6/c1-7-17-16(18(8-2)25(6)24-17)14-22-19(21-5)23-15-20(3,4)26-12-10-9-11-13-26/h7-15H2,1-6H3,(H2,21,22,23). The Balaban J connectivity index is 1.94. The Hall–Kier alpha value is -1.56. The zero-order chi connectivity index (χ0) is 19.2. The van der Waals surface area contributed by atoms with Crippen molar-refractivity contribution in [3.05, 3.63) is 17.0 Å². The lowest BCUT2D eigenvalue weighted by atomic mass is 9.98. The molecule has 0 amide bonds. The molecule has 148 valence electrons. The second-order valence-corrected chi connectivity index (χ2v) is 7.84. The fraction of sp³-hybridized carbons (Fsp3) is 0.800. The van der Waals surface area contributed by atoms with Crippen LogP contribution in [0, 0.1) is 0 Å². The molecule has 2 rings (SSSR count). The molecule has 0 spiro atoms. The lowest BCUT2D eigenvalue weighted by Gasteiger charge is -2.41. The summed E-state index contributed by atoms with van der Waals surface area (Å²) >= 11 is 0. The number of rotatable bonds is 7. The second-order valence-electron chi connectivity index (χ2n) is 7.84. The van der Waals surface area contributed by atoms with Crippen LogP contribution in [-0.2, 0) is 26.4 Å². The summed E-state index contributed by atoms with van der Waals surface area (Å²) in [5.74, 6) is 0.864. The van der Waals surface area contributed by atoms with Gasteiger partial charge in [0.25, 0.3) is 0 Å². The van der Waals surface area contributed by atoms with E-state index in [-0.39, 0.29) is 5.54 Å². The molecule has 26 heavy (non-hydrogen) atoms. The lowest BCUT2D eigenvalue weighted by molar-refractivity contribution is 0.0982. The summed E-state index contributed by atoms with van der Waals surface area (Å²) in [6.45, 7) is 13.1. The molecule has 1 aromatic heterocycles. The molecule has 0 atom stereocenters. The van der Waals surface area contributed by atoms with E-state index < -0.39 is 0 Å². The molecule has 2 heterocycles. The number of aromatic nitrogens is 2. The van der Waals surface area contributed by atoms with Gasteiger partial charge in [0.1, 0.15) is 0 Å². The number of nitrogens with zero attached hydrogens (tertiary/aromatic N) is 4. The minimum Gasteiger partial charge on any atom is -0.355 e. The van der Waals surface area contributed by atoms with Crippen molar-refractivity contribution in [2.45, 2.75) is 71.9 Å². The van der Waals surface area contributed by atoms with Gasteiger partial charge in [-0.25, -0.2) is 0 Å². The first-order valence-corrected chi connectivity index (χ1v) is 10.2. The second kappa shape index (κ2) is 9.40. The van der Waals surface area contributed by atoms with E-state index in [0.29, 0.717) is 0 Å². The maximum Gasteiger partial charge on any atom is 0.191 e. The van der Waals surface area contributed by atoms with Crippen LogP contribution < -0.4 is 10.6 Å². The summed E-state index contributed by atoms with van der Waals surface area (Å²) in [5.41, 5.74) is 3.94. The van der Waals surface area contributed by atoms with Crippen LogP contribution in [0.2, 0.25) is 0 Å². The van der Waals surface area contributed by atoms with Crippen molar-refractivity contribution in [3.8, 4) is 0 Å². The van der Waals surface area contributed by atoms with Gasteiger partial charge in [0.15, 0.2) is 5.96 Å². The van der Waals surface area contributed by atoms with E-state index in [2.05, 4.69) is 53.3 Å². The Morgan fingerprint density at radius 3 is 2.38 bits per heavy atom. The molecular formula is C20H38N6. The number of aryl methyl sites for hydroxylation is 2. The summed E-state index contributed by atoms with van der Waals surface area (Å²) < 4.78 is 2.02. The van der Waals surface area contributed by atoms with Gasteiger partial charge in [0.2, 0.25) is 0 Å². The summed E-state index contributed by atoms with van der Waals surface area (Å²) in [6, 6.07) is 0. The Labute approximate surface area is 159 Å². The van der Waals surface area contributed by atoms with Crippen molar-refractivity contribution >= 4 is 5.96 Å². The molecule has 0 bridgehead atoms. The van der Waals surface area contributed by atoms with Gasteiger partial charge in [-0.2, -0.15) is 5.10 Å². The van der Waals surface area contributed by atoms with Crippen LogP contribution in [0.3, 0.4) is 0 Å². The van der Waals surface area contributed by atoms with E-state index >= 15 is 0 Å². The van der Waals surface area contributed by atoms with Gasteiger partial charge in [0, 0.05) is 44.0 Å². The average molecular weight is 363 g/mol. The maximum absolute atomic E-state index is 4.66. The third-order valence-corrected chi connectivity index (χ3v) is 5.58. The summed E-state index contributed by atoms with van der Waals surface area (Å²) in [6.07, 6.45) is 5.95. The monoisotopic (exact) mass is 362 g/mol. The van der Waals surface area contributed by atoms with Crippen molar-refractivity contribution in [1.82, 2.24) is 25.3 Å². The predicted molar refractivity (Wildman–Crippen MR) is 110 cm³/mol. The Kier molecular flexibility index (Phi) is 7.50. The van der Waals surface area contributed by atoms with Gasteiger partial charge in [-0.3, -0.25) is 14.6 Å². The van der Waals surface area contributed by atoms with Crippen molar-refractivity contribution in [2.24, 2.45) is 12.0 Å². The molecule has 1 aliphatic heterocycles. The number of aliphatic imine (C=N–C) groups is 1. The van der Waals surface area contributed by atoms with Crippen LogP contribution >= 0.6 is 0 Å². The first-order valence-electron chi connectivity index (χ1n) is 10.2. The highest BCUT2D eigenvalue weighted by Gasteiger charge is 2.28. The van der Waals surface area contributed by atoms with Gasteiger partial charge in [0.05, 0.1) is 5.69 Å². The van der Waals surface area contributed by atoms with E-state index in [1.807, 2.05) is 18.8 Å². The highest BCUT2D eigenvalue weighted by atomic mass is 15.3. The Morgan fingerprint density at radius 1 is 1.12 bits per heavy atom. The highest BCUT2D eigenvalue weighted by Crippen LogP contribution is 2.20. The van der Waals surface area contributed by atoms with Crippen LogP contribution in [-0.4, -0.2) is 52.9 Å². The summed E-state index contributed by atoms with van der Waals surface area (Å²) in [5, 5.41) is 11.7. The molecule has 1 fully saturated rings.